The van der Waals surface area contributed by atoms with Crippen LogP contribution in [0.1, 0.15) is 62.6 Å². The number of carbonyl (C=O) groups is 1. The van der Waals surface area contributed by atoms with Crippen LogP contribution in [-0.4, -0.2) is 25.2 Å². The van der Waals surface area contributed by atoms with E-state index in [1.54, 1.807) is 24.4 Å². The van der Waals surface area contributed by atoms with Crippen molar-refractivity contribution in [3.63, 3.8) is 0 Å². The average Bonchev–Trinajstić information content (AvgIpc) is 3.12. The van der Waals surface area contributed by atoms with E-state index in [0.29, 0.717) is 22.2 Å². The van der Waals surface area contributed by atoms with Gasteiger partial charge in [0.2, 0.25) is 0 Å². The molecule has 0 spiro atoms. The van der Waals surface area contributed by atoms with Gasteiger partial charge in [0, 0.05) is 24.7 Å². The van der Waals surface area contributed by atoms with E-state index < -0.39 is 0 Å². The van der Waals surface area contributed by atoms with E-state index >= 15 is 0 Å². The van der Waals surface area contributed by atoms with E-state index in [-0.39, 0.29) is 17.0 Å². The van der Waals surface area contributed by atoms with Gasteiger partial charge in [-0.2, -0.15) is 5.10 Å². The maximum atomic E-state index is 12.9. The molecule has 0 atom stereocenters. The summed E-state index contributed by atoms with van der Waals surface area (Å²) < 4.78 is 3.62. The number of aryl methyl sites for hydroxylation is 1. The second kappa shape index (κ2) is 7.46. The molecule has 1 aliphatic heterocycles. The fourth-order valence-corrected chi connectivity index (χ4v) is 3.69. The molecule has 2 aromatic heterocycles. The number of carbonyl (C=O) groups excluding carboxylic acids is 1. The molecule has 152 valence electrons. The monoisotopic (exact) mass is 393 g/mol. The third-order valence-electron chi connectivity index (χ3n) is 5.36. The van der Waals surface area contributed by atoms with Gasteiger partial charge in [-0.15, -0.1) is 0 Å². The van der Waals surface area contributed by atoms with Crippen molar-refractivity contribution in [1.29, 1.82) is 0 Å². The normalized spacial score (nSPS) is 14.9. The minimum atomic E-state index is -0.242. The lowest BCUT2D eigenvalue weighted by molar-refractivity contribution is 0.102. The van der Waals surface area contributed by atoms with Crippen molar-refractivity contribution in [2.24, 2.45) is 0 Å². The molecule has 1 N–H and O–H groups in total. The SMILES string of the molecule is CC(C)(C)n1cc(NC(=O)c2ccc3c(=O)n4c(nc3c2)CCCCCC4)cn1. The Morgan fingerprint density at radius 1 is 1.14 bits per heavy atom. The van der Waals surface area contributed by atoms with Crippen molar-refractivity contribution in [3.8, 4) is 0 Å². The summed E-state index contributed by atoms with van der Waals surface area (Å²) in [5.41, 5.74) is 1.53. The highest BCUT2D eigenvalue weighted by Gasteiger charge is 2.17. The zero-order chi connectivity index (χ0) is 20.6. The first kappa shape index (κ1) is 19.4. The molecule has 1 aromatic carbocycles. The number of hydrogen-bond donors (Lipinski definition) is 1. The molecule has 1 amide bonds. The molecule has 0 bridgehead atoms. The first-order valence-electron chi connectivity index (χ1n) is 10.2. The number of anilines is 1. The Kier molecular flexibility index (Phi) is 4.98. The summed E-state index contributed by atoms with van der Waals surface area (Å²) in [5.74, 6) is 0.584. The molecule has 0 aliphatic carbocycles. The summed E-state index contributed by atoms with van der Waals surface area (Å²) in [5, 5.41) is 7.74. The predicted octanol–water partition coefficient (Wildman–Crippen LogP) is 3.72. The van der Waals surface area contributed by atoms with Gasteiger partial charge in [0.25, 0.3) is 11.5 Å². The number of benzene rings is 1. The number of rotatable bonds is 2. The fraction of sp³-hybridized carbons (Fsp3) is 0.455. The lowest BCUT2D eigenvalue weighted by Crippen LogP contribution is -2.26. The molecule has 0 fully saturated rings. The van der Waals surface area contributed by atoms with E-state index in [2.05, 4.69) is 10.4 Å². The highest BCUT2D eigenvalue weighted by molar-refractivity contribution is 6.05. The van der Waals surface area contributed by atoms with E-state index in [4.69, 9.17) is 4.98 Å². The molecule has 4 rings (SSSR count). The average molecular weight is 393 g/mol. The zero-order valence-corrected chi connectivity index (χ0v) is 17.2. The summed E-state index contributed by atoms with van der Waals surface area (Å²) >= 11 is 0. The van der Waals surface area contributed by atoms with E-state index in [0.717, 1.165) is 38.1 Å². The molecule has 7 heteroatoms. The lowest BCUT2D eigenvalue weighted by Gasteiger charge is -2.18. The number of hydrogen-bond acceptors (Lipinski definition) is 4. The molecular weight excluding hydrogens is 366 g/mol. The lowest BCUT2D eigenvalue weighted by atomic mass is 10.1. The van der Waals surface area contributed by atoms with E-state index in [1.165, 1.54) is 6.42 Å². The van der Waals surface area contributed by atoms with Gasteiger partial charge in [-0.3, -0.25) is 18.8 Å². The summed E-state index contributed by atoms with van der Waals surface area (Å²) in [6.45, 7) is 6.86. The van der Waals surface area contributed by atoms with Crippen LogP contribution in [0.5, 0.6) is 0 Å². The summed E-state index contributed by atoms with van der Waals surface area (Å²) in [4.78, 5) is 30.4. The third-order valence-corrected chi connectivity index (χ3v) is 5.36. The quantitative estimate of drug-likeness (QED) is 0.719. The van der Waals surface area contributed by atoms with Crippen LogP contribution in [0, 0.1) is 0 Å². The minimum Gasteiger partial charge on any atom is -0.319 e. The molecule has 29 heavy (non-hydrogen) atoms. The van der Waals surface area contributed by atoms with Crippen LogP contribution >= 0.6 is 0 Å². The van der Waals surface area contributed by atoms with Crippen molar-refractivity contribution >= 4 is 22.5 Å². The maximum Gasteiger partial charge on any atom is 0.261 e. The summed E-state index contributed by atoms with van der Waals surface area (Å²) in [6.07, 6.45) is 8.60. The number of fused-ring (bicyclic) bond motifs is 2. The van der Waals surface area contributed by atoms with Gasteiger partial charge in [0.1, 0.15) is 5.82 Å². The van der Waals surface area contributed by atoms with Crippen molar-refractivity contribution < 1.29 is 4.79 Å². The molecule has 1 aliphatic rings. The second-order valence-corrected chi connectivity index (χ2v) is 8.68. The number of nitrogens with zero attached hydrogens (tertiary/aromatic N) is 4. The number of aromatic nitrogens is 4. The van der Waals surface area contributed by atoms with Crippen LogP contribution < -0.4 is 10.9 Å². The van der Waals surface area contributed by atoms with Gasteiger partial charge in [0.15, 0.2) is 0 Å². The van der Waals surface area contributed by atoms with Gasteiger partial charge < -0.3 is 5.32 Å². The Labute approximate surface area is 169 Å². The molecule has 3 heterocycles. The molecule has 0 unspecified atom stereocenters. The highest BCUT2D eigenvalue weighted by atomic mass is 16.1. The van der Waals surface area contributed by atoms with Crippen molar-refractivity contribution in [2.45, 2.75) is 65.0 Å². The Morgan fingerprint density at radius 3 is 2.69 bits per heavy atom. The Balaban J connectivity index is 1.64. The van der Waals surface area contributed by atoms with Crippen LogP contribution in [0.3, 0.4) is 0 Å². The van der Waals surface area contributed by atoms with Gasteiger partial charge in [-0.25, -0.2) is 4.98 Å². The van der Waals surface area contributed by atoms with Crippen molar-refractivity contribution in [1.82, 2.24) is 19.3 Å². The molecule has 0 saturated heterocycles. The van der Waals surface area contributed by atoms with Crippen molar-refractivity contribution in [3.05, 3.63) is 52.3 Å². The number of nitrogens with one attached hydrogen (secondary N) is 1. The minimum absolute atomic E-state index is 0.00897. The van der Waals surface area contributed by atoms with Crippen LogP contribution in [0.15, 0.2) is 35.4 Å². The first-order chi connectivity index (χ1) is 13.8. The molecule has 3 aromatic rings. The predicted molar refractivity (Wildman–Crippen MR) is 113 cm³/mol. The van der Waals surface area contributed by atoms with Crippen LogP contribution in [-0.2, 0) is 18.5 Å². The van der Waals surface area contributed by atoms with Crippen LogP contribution in [0.4, 0.5) is 5.69 Å². The van der Waals surface area contributed by atoms with E-state index in [1.807, 2.05) is 36.2 Å². The topological polar surface area (TPSA) is 81.8 Å². The van der Waals surface area contributed by atoms with Gasteiger partial charge in [-0.1, -0.05) is 12.8 Å². The van der Waals surface area contributed by atoms with Crippen LogP contribution in [0.25, 0.3) is 10.9 Å². The van der Waals surface area contributed by atoms with Gasteiger partial charge in [-0.05, 0) is 51.8 Å². The van der Waals surface area contributed by atoms with Crippen molar-refractivity contribution in [2.75, 3.05) is 5.32 Å². The third kappa shape index (κ3) is 3.95. The van der Waals surface area contributed by atoms with Gasteiger partial charge in [0.05, 0.1) is 28.3 Å². The molecule has 0 radical (unpaired) electrons. The molecular formula is C22H27N5O2. The highest BCUT2D eigenvalue weighted by Crippen LogP contribution is 2.19. The largest absolute Gasteiger partial charge is 0.319 e. The Bertz CT molecular complexity index is 1120. The molecule has 7 nitrogen and oxygen atoms in total. The summed E-state index contributed by atoms with van der Waals surface area (Å²) in [6, 6.07) is 5.11. The fourth-order valence-electron chi connectivity index (χ4n) is 3.69. The second-order valence-electron chi connectivity index (χ2n) is 8.68. The van der Waals surface area contributed by atoms with Gasteiger partial charge >= 0.3 is 0 Å². The molecule has 0 saturated carbocycles. The summed E-state index contributed by atoms with van der Waals surface area (Å²) in [7, 11) is 0. The maximum absolute atomic E-state index is 12.9. The smallest absolute Gasteiger partial charge is 0.261 e. The number of amides is 1. The Morgan fingerprint density at radius 2 is 1.93 bits per heavy atom. The standard InChI is InChI=1S/C22H27N5O2/c1-22(2,3)27-14-16(13-23-27)24-20(28)15-9-10-17-18(12-15)25-19-8-6-4-5-7-11-26(19)21(17)29/h9-10,12-14H,4-8,11H2,1-3H3,(H,24,28). The van der Waals surface area contributed by atoms with E-state index in [9.17, 15) is 9.59 Å². The Hall–Kier alpha value is -2.96. The zero-order valence-electron chi connectivity index (χ0n) is 17.2. The van der Waals surface area contributed by atoms with Crippen LogP contribution in [0.2, 0.25) is 0 Å². The first-order valence-corrected chi connectivity index (χ1v) is 10.2.